The molecule has 1 atom stereocenters. The lowest BCUT2D eigenvalue weighted by Crippen LogP contribution is -2.04. The highest BCUT2D eigenvalue weighted by Gasteiger charge is 2.04. The Morgan fingerprint density at radius 2 is 2.60 bits per heavy atom. The van der Waals surface area contributed by atoms with Crippen molar-refractivity contribution in [2.45, 2.75) is 19.6 Å². The predicted octanol–water partition coefficient (Wildman–Crippen LogP) is 1.63. The summed E-state index contributed by atoms with van der Waals surface area (Å²) in [5, 5.41) is 2.49. The van der Waals surface area contributed by atoms with Gasteiger partial charge in [-0.05, 0) is 6.92 Å². The van der Waals surface area contributed by atoms with E-state index >= 15 is 0 Å². The number of rotatable bonds is 2. The van der Waals surface area contributed by atoms with E-state index in [9.17, 15) is 4.39 Å². The molecule has 4 heteroatoms. The Balaban J connectivity index is 2.78. The number of thiazole rings is 1. The predicted molar refractivity (Wildman–Crippen MR) is 39.5 cm³/mol. The van der Waals surface area contributed by atoms with Crippen LogP contribution >= 0.6 is 11.3 Å². The third-order valence-electron chi connectivity index (χ3n) is 1.10. The zero-order chi connectivity index (χ0) is 7.56. The molecule has 1 aromatic rings. The van der Waals surface area contributed by atoms with Gasteiger partial charge in [0, 0.05) is 5.38 Å². The van der Waals surface area contributed by atoms with Crippen LogP contribution in [-0.4, -0.2) is 4.98 Å². The number of hydrogen-bond acceptors (Lipinski definition) is 3. The summed E-state index contributed by atoms with van der Waals surface area (Å²) in [5.74, 6) is 0. The number of alkyl halides is 1. The summed E-state index contributed by atoms with van der Waals surface area (Å²) in [6.07, 6.45) is 0. The lowest BCUT2D eigenvalue weighted by molar-refractivity contribution is 0.476. The Morgan fingerprint density at radius 3 is 2.90 bits per heavy atom. The zero-order valence-corrected chi connectivity index (χ0v) is 6.49. The van der Waals surface area contributed by atoms with E-state index in [4.69, 9.17) is 5.73 Å². The van der Waals surface area contributed by atoms with Gasteiger partial charge in [0.2, 0.25) is 0 Å². The lowest BCUT2D eigenvalue weighted by Gasteiger charge is -1.95. The van der Waals surface area contributed by atoms with Crippen molar-refractivity contribution < 1.29 is 4.39 Å². The molecule has 0 bridgehead atoms. The quantitative estimate of drug-likeness (QED) is 0.714. The Labute approximate surface area is 62.9 Å². The average Bonchev–Trinajstić information content (AvgIpc) is 2.34. The Bertz CT molecular complexity index is 209. The summed E-state index contributed by atoms with van der Waals surface area (Å²) in [4.78, 5) is 3.95. The molecule has 1 rings (SSSR count). The summed E-state index contributed by atoms with van der Waals surface area (Å²) < 4.78 is 11.9. The highest BCUT2D eigenvalue weighted by Crippen LogP contribution is 2.15. The zero-order valence-electron chi connectivity index (χ0n) is 5.67. The van der Waals surface area contributed by atoms with Crippen molar-refractivity contribution in [3.8, 4) is 0 Å². The summed E-state index contributed by atoms with van der Waals surface area (Å²) in [7, 11) is 0. The molecule has 1 unspecified atom stereocenters. The number of nitrogens with two attached hydrogens (primary N) is 1. The van der Waals surface area contributed by atoms with Gasteiger partial charge in [-0.25, -0.2) is 9.37 Å². The van der Waals surface area contributed by atoms with Gasteiger partial charge in [-0.3, -0.25) is 0 Å². The SMILES string of the molecule is CC(N)c1nc(CF)cs1. The second kappa shape index (κ2) is 3.07. The van der Waals surface area contributed by atoms with Gasteiger partial charge in [-0.15, -0.1) is 11.3 Å². The van der Waals surface area contributed by atoms with Crippen molar-refractivity contribution in [3.63, 3.8) is 0 Å². The molecule has 0 saturated carbocycles. The second-order valence-corrected chi connectivity index (χ2v) is 2.99. The monoisotopic (exact) mass is 160 g/mol. The summed E-state index contributed by atoms with van der Waals surface area (Å²) in [6.45, 7) is 1.34. The first kappa shape index (κ1) is 7.63. The summed E-state index contributed by atoms with van der Waals surface area (Å²) in [6, 6.07) is -0.0784. The minimum absolute atomic E-state index is 0.0784. The first-order valence-corrected chi connectivity index (χ1v) is 3.88. The molecule has 0 spiro atoms. The van der Waals surface area contributed by atoms with E-state index in [1.165, 1.54) is 11.3 Å². The van der Waals surface area contributed by atoms with Crippen LogP contribution < -0.4 is 5.73 Å². The maximum absolute atomic E-state index is 11.9. The van der Waals surface area contributed by atoms with E-state index in [2.05, 4.69) is 4.98 Å². The fourth-order valence-corrected chi connectivity index (χ4v) is 1.35. The minimum atomic E-state index is -0.497. The number of nitrogens with zero attached hydrogens (tertiary/aromatic N) is 1. The van der Waals surface area contributed by atoms with Gasteiger partial charge in [0.05, 0.1) is 11.7 Å². The molecule has 1 heterocycles. The molecule has 0 fully saturated rings. The molecule has 1 aromatic heterocycles. The third-order valence-corrected chi connectivity index (χ3v) is 2.19. The lowest BCUT2D eigenvalue weighted by atomic mass is 10.4. The smallest absolute Gasteiger partial charge is 0.132 e. The number of aromatic nitrogens is 1. The molecule has 0 amide bonds. The first-order valence-electron chi connectivity index (χ1n) is 3.00. The van der Waals surface area contributed by atoms with Gasteiger partial charge in [0.25, 0.3) is 0 Å². The molecule has 56 valence electrons. The van der Waals surface area contributed by atoms with Crippen LogP contribution in [0, 0.1) is 0 Å². The van der Waals surface area contributed by atoms with Gasteiger partial charge in [-0.1, -0.05) is 0 Å². The van der Waals surface area contributed by atoms with Gasteiger partial charge < -0.3 is 5.73 Å². The van der Waals surface area contributed by atoms with Gasteiger partial charge in [-0.2, -0.15) is 0 Å². The van der Waals surface area contributed by atoms with E-state index in [0.717, 1.165) is 5.01 Å². The molecule has 2 N–H and O–H groups in total. The standard InChI is InChI=1S/C6H9FN2S/c1-4(8)6-9-5(2-7)3-10-6/h3-4H,2,8H2,1H3. The highest BCUT2D eigenvalue weighted by molar-refractivity contribution is 7.09. The van der Waals surface area contributed by atoms with Crippen LogP contribution in [0.4, 0.5) is 4.39 Å². The van der Waals surface area contributed by atoms with E-state index < -0.39 is 6.67 Å². The fourth-order valence-electron chi connectivity index (χ4n) is 0.593. The van der Waals surface area contributed by atoms with Crippen LogP contribution in [-0.2, 0) is 6.67 Å². The number of halogens is 1. The van der Waals surface area contributed by atoms with Crippen LogP contribution in [0.3, 0.4) is 0 Å². The Morgan fingerprint density at radius 1 is 1.90 bits per heavy atom. The van der Waals surface area contributed by atoms with Crippen LogP contribution in [0.15, 0.2) is 5.38 Å². The van der Waals surface area contributed by atoms with Crippen LogP contribution in [0.5, 0.6) is 0 Å². The molecular weight excluding hydrogens is 151 g/mol. The van der Waals surface area contributed by atoms with Crippen LogP contribution in [0.25, 0.3) is 0 Å². The van der Waals surface area contributed by atoms with Gasteiger partial charge in [0.1, 0.15) is 11.7 Å². The maximum atomic E-state index is 11.9. The Hall–Kier alpha value is -0.480. The van der Waals surface area contributed by atoms with Crippen LogP contribution in [0.2, 0.25) is 0 Å². The minimum Gasteiger partial charge on any atom is -0.322 e. The molecule has 2 nitrogen and oxygen atoms in total. The topological polar surface area (TPSA) is 38.9 Å². The van der Waals surface area contributed by atoms with E-state index in [0.29, 0.717) is 5.69 Å². The van der Waals surface area contributed by atoms with E-state index in [-0.39, 0.29) is 6.04 Å². The summed E-state index contributed by atoms with van der Waals surface area (Å²) in [5.41, 5.74) is 5.99. The summed E-state index contributed by atoms with van der Waals surface area (Å²) >= 11 is 1.41. The molecular formula is C6H9FN2S. The molecule has 0 aliphatic carbocycles. The fraction of sp³-hybridized carbons (Fsp3) is 0.500. The first-order chi connectivity index (χ1) is 4.74. The van der Waals surface area contributed by atoms with E-state index in [1.54, 1.807) is 5.38 Å². The Kier molecular flexibility index (Phi) is 2.34. The number of hydrogen-bond donors (Lipinski definition) is 1. The van der Waals surface area contributed by atoms with Crippen LogP contribution in [0.1, 0.15) is 23.7 Å². The largest absolute Gasteiger partial charge is 0.322 e. The second-order valence-electron chi connectivity index (χ2n) is 2.10. The molecule has 10 heavy (non-hydrogen) atoms. The van der Waals surface area contributed by atoms with Crippen molar-refractivity contribution in [2.75, 3.05) is 0 Å². The normalized spacial score (nSPS) is 13.5. The molecule has 0 aliphatic heterocycles. The average molecular weight is 160 g/mol. The van der Waals surface area contributed by atoms with Gasteiger partial charge in [0.15, 0.2) is 0 Å². The van der Waals surface area contributed by atoms with Crippen molar-refractivity contribution in [3.05, 3.63) is 16.1 Å². The van der Waals surface area contributed by atoms with Crippen molar-refractivity contribution in [1.29, 1.82) is 0 Å². The highest BCUT2D eigenvalue weighted by atomic mass is 32.1. The van der Waals surface area contributed by atoms with Gasteiger partial charge >= 0.3 is 0 Å². The van der Waals surface area contributed by atoms with E-state index in [1.807, 2.05) is 6.92 Å². The van der Waals surface area contributed by atoms with Crippen molar-refractivity contribution >= 4 is 11.3 Å². The molecule has 0 aliphatic rings. The van der Waals surface area contributed by atoms with Crippen molar-refractivity contribution in [2.24, 2.45) is 5.73 Å². The molecule has 0 saturated heterocycles. The van der Waals surface area contributed by atoms with Crippen molar-refractivity contribution in [1.82, 2.24) is 4.98 Å². The maximum Gasteiger partial charge on any atom is 0.132 e. The third kappa shape index (κ3) is 1.52. The molecule has 0 aromatic carbocycles. The molecule has 0 radical (unpaired) electrons.